The molecule has 2 aromatic heterocycles. The van der Waals surface area contributed by atoms with Gasteiger partial charge in [-0.1, -0.05) is 30.9 Å². The van der Waals surface area contributed by atoms with Crippen LogP contribution in [0.15, 0.2) is 61.7 Å². The zero-order chi connectivity index (χ0) is 28.8. The number of carbonyl (C=O) groups is 1. The first-order valence-electron chi connectivity index (χ1n) is 13.4. The maximum absolute atomic E-state index is 15.2. The number of nitrogens with zero attached hydrogens (tertiary/aromatic N) is 5. The number of benzene rings is 1. The van der Waals surface area contributed by atoms with E-state index in [0.29, 0.717) is 54.5 Å². The van der Waals surface area contributed by atoms with E-state index >= 15 is 4.39 Å². The largest absolute Gasteiger partial charge is 0.495 e. The first-order valence-corrected chi connectivity index (χ1v) is 13.4. The number of ether oxygens (including phenoxy) is 2. The van der Waals surface area contributed by atoms with E-state index in [4.69, 9.17) is 14.5 Å². The number of rotatable bonds is 8. The lowest BCUT2D eigenvalue weighted by molar-refractivity contribution is 0.0828. The van der Waals surface area contributed by atoms with Crippen molar-refractivity contribution in [1.82, 2.24) is 19.9 Å². The van der Waals surface area contributed by atoms with Gasteiger partial charge in [0, 0.05) is 48.9 Å². The Labute approximate surface area is 235 Å². The standard InChI is InChI=1S/C31H36FN5O3/c1-7-25(26-11-9-10-12-27(26)32)29-28(13-20(3)23-14-24(39-6)16-33-15-23)34-19-35-30(29)36-17-22(5)37(18-21(36)4)31(38)40-8-2/h7,9-12,14-16,19,21-22H,3,8,13,17-18H2,1-2,4-6H3/b25-7-/t21-,22+/m0/s1. The van der Waals surface area contributed by atoms with Gasteiger partial charge in [0.25, 0.3) is 0 Å². The lowest BCUT2D eigenvalue weighted by atomic mass is 9.92. The van der Waals surface area contributed by atoms with Crippen LogP contribution >= 0.6 is 0 Å². The van der Waals surface area contributed by atoms with Crippen LogP contribution in [0.2, 0.25) is 0 Å². The Hall–Kier alpha value is -4.27. The minimum atomic E-state index is -0.333. The fraction of sp³-hybridized carbons (Fsp3) is 0.355. The number of pyridine rings is 1. The molecular formula is C31H36FN5O3. The van der Waals surface area contributed by atoms with E-state index < -0.39 is 0 Å². The molecule has 0 N–H and O–H groups in total. The molecule has 3 heterocycles. The summed E-state index contributed by atoms with van der Waals surface area (Å²) in [5.41, 5.74) is 4.20. The molecule has 0 saturated carbocycles. The zero-order valence-corrected chi connectivity index (χ0v) is 23.7. The highest BCUT2D eigenvalue weighted by Gasteiger charge is 2.35. The van der Waals surface area contributed by atoms with Crippen LogP contribution in [-0.2, 0) is 11.2 Å². The van der Waals surface area contributed by atoms with Crippen molar-refractivity contribution in [1.29, 1.82) is 0 Å². The maximum atomic E-state index is 15.2. The third-order valence-corrected chi connectivity index (χ3v) is 7.13. The summed E-state index contributed by atoms with van der Waals surface area (Å²) in [6, 6.07) is 8.37. The zero-order valence-electron chi connectivity index (χ0n) is 23.7. The van der Waals surface area contributed by atoms with E-state index in [0.717, 1.165) is 16.7 Å². The lowest BCUT2D eigenvalue weighted by Crippen LogP contribution is -2.58. The third-order valence-electron chi connectivity index (χ3n) is 7.13. The summed E-state index contributed by atoms with van der Waals surface area (Å²) in [6.45, 7) is 13.3. The van der Waals surface area contributed by atoms with E-state index in [1.54, 1.807) is 43.5 Å². The van der Waals surface area contributed by atoms with Crippen LogP contribution in [0.25, 0.3) is 11.1 Å². The Morgan fingerprint density at radius 3 is 2.65 bits per heavy atom. The molecule has 1 aliphatic rings. The number of amides is 1. The number of methoxy groups -OCH3 is 1. The first-order chi connectivity index (χ1) is 19.3. The highest BCUT2D eigenvalue weighted by molar-refractivity contribution is 5.87. The summed E-state index contributed by atoms with van der Waals surface area (Å²) in [5, 5.41) is 0. The first kappa shape index (κ1) is 28.7. The topological polar surface area (TPSA) is 80.7 Å². The van der Waals surface area contributed by atoms with Gasteiger partial charge in [0.1, 0.15) is 23.7 Å². The Balaban J connectivity index is 1.80. The average Bonchev–Trinajstić information content (AvgIpc) is 2.96. The predicted molar refractivity (Wildman–Crippen MR) is 155 cm³/mol. The van der Waals surface area contributed by atoms with Gasteiger partial charge in [0.15, 0.2) is 0 Å². The fourth-order valence-corrected chi connectivity index (χ4v) is 5.06. The Morgan fingerprint density at radius 1 is 1.18 bits per heavy atom. The second-order valence-corrected chi connectivity index (χ2v) is 9.80. The molecule has 0 spiro atoms. The summed E-state index contributed by atoms with van der Waals surface area (Å²) in [4.78, 5) is 30.2. The van der Waals surface area contributed by atoms with Crippen molar-refractivity contribution in [3.05, 3.63) is 89.9 Å². The average molecular weight is 546 g/mol. The minimum Gasteiger partial charge on any atom is -0.495 e. The predicted octanol–water partition coefficient (Wildman–Crippen LogP) is 5.78. The van der Waals surface area contributed by atoms with Crippen molar-refractivity contribution in [2.75, 3.05) is 31.7 Å². The van der Waals surface area contributed by atoms with Crippen molar-refractivity contribution in [3.8, 4) is 5.75 Å². The molecule has 0 bridgehead atoms. The molecule has 1 aromatic carbocycles. The van der Waals surface area contributed by atoms with Gasteiger partial charge < -0.3 is 19.3 Å². The van der Waals surface area contributed by atoms with Gasteiger partial charge in [0.2, 0.25) is 0 Å². The van der Waals surface area contributed by atoms with Gasteiger partial charge in [-0.3, -0.25) is 4.98 Å². The third kappa shape index (κ3) is 5.98. The summed E-state index contributed by atoms with van der Waals surface area (Å²) in [7, 11) is 1.59. The molecule has 1 saturated heterocycles. The normalized spacial score (nSPS) is 17.5. The van der Waals surface area contributed by atoms with Crippen LogP contribution in [0.4, 0.5) is 15.0 Å². The van der Waals surface area contributed by atoms with Crippen LogP contribution in [-0.4, -0.2) is 64.8 Å². The highest BCUT2D eigenvalue weighted by Crippen LogP contribution is 2.37. The van der Waals surface area contributed by atoms with Crippen molar-refractivity contribution in [3.63, 3.8) is 0 Å². The van der Waals surface area contributed by atoms with Gasteiger partial charge in [-0.2, -0.15) is 0 Å². The van der Waals surface area contributed by atoms with Crippen molar-refractivity contribution >= 4 is 23.1 Å². The molecule has 210 valence electrons. The fourth-order valence-electron chi connectivity index (χ4n) is 5.06. The summed E-state index contributed by atoms with van der Waals surface area (Å²) in [6.07, 6.45) is 6.86. The molecule has 2 atom stereocenters. The SMILES string of the molecule is C=C(Cc1ncnc(N2C[C@@H](C)N(C(=O)OCC)C[C@@H]2C)c1/C(=C\C)c1ccccc1F)c1cncc(OC)c1. The monoisotopic (exact) mass is 545 g/mol. The number of allylic oxidation sites excluding steroid dienone is 2. The summed E-state index contributed by atoms with van der Waals surface area (Å²) < 4.78 is 25.8. The number of hydrogen-bond acceptors (Lipinski definition) is 7. The number of carbonyl (C=O) groups excluding carboxylic acids is 1. The van der Waals surface area contributed by atoms with Gasteiger partial charge in [-0.25, -0.2) is 19.2 Å². The van der Waals surface area contributed by atoms with E-state index in [9.17, 15) is 4.79 Å². The molecule has 1 aliphatic heterocycles. The van der Waals surface area contributed by atoms with Crippen molar-refractivity contribution in [2.24, 2.45) is 0 Å². The van der Waals surface area contributed by atoms with E-state index in [1.165, 1.54) is 12.4 Å². The molecule has 8 nitrogen and oxygen atoms in total. The van der Waals surface area contributed by atoms with Gasteiger partial charge in [-0.15, -0.1) is 0 Å². The molecule has 1 fully saturated rings. The quantitative estimate of drug-likeness (QED) is 0.355. The molecular weight excluding hydrogens is 509 g/mol. The number of anilines is 1. The summed E-state index contributed by atoms with van der Waals surface area (Å²) in [5.74, 6) is 0.978. The second kappa shape index (κ2) is 12.7. The van der Waals surface area contributed by atoms with Crippen LogP contribution in [0, 0.1) is 5.82 Å². The Bertz CT molecular complexity index is 1410. The Kier molecular flexibility index (Phi) is 9.14. The van der Waals surface area contributed by atoms with E-state index in [1.807, 2.05) is 39.0 Å². The van der Waals surface area contributed by atoms with Crippen molar-refractivity contribution in [2.45, 2.75) is 46.2 Å². The molecule has 0 unspecified atom stereocenters. The van der Waals surface area contributed by atoms with Crippen LogP contribution < -0.4 is 9.64 Å². The lowest BCUT2D eigenvalue weighted by Gasteiger charge is -2.44. The molecule has 1 amide bonds. The molecule has 40 heavy (non-hydrogen) atoms. The van der Waals surface area contributed by atoms with Crippen molar-refractivity contribution < 1.29 is 18.7 Å². The van der Waals surface area contributed by atoms with Gasteiger partial charge in [0.05, 0.1) is 25.6 Å². The van der Waals surface area contributed by atoms with Crippen LogP contribution in [0.1, 0.15) is 50.1 Å². The van der Waals surface area contributed by atoms with E-state index in [2.05, 4.69) is 21.4 Å². The Morgan fingerprint density at radius 2 is 1.95 bits per heavy atom. The summed E-state index contributed by atoms with van der Waals surface area (Å²) >= 11 is 0. The van der Waals surface area contributed by atoms with Gasteiger partial charge in [-0.05, 0) is 56.5 Å². The molecule has 0 radical (unpaired) electrons. The minimum absolute atomic E-state index is 0.0772. The smallest absolute Gasteiger partial charge is 0.410 e. The number of aromatic nitrogens is 3. The molecule has 0 aliphatic carbocycles. The van der Waals surface area contributed by atoms with E-state index in [-0.39, 0.29) is 24.0 Å². The number of halogens is 1. The molecule has 4 rings (SSSR count). The van der Waals surface area contributed by atoms with Crippen LogP contribution in [0.3, 0.4) is 0 Å². The highest BCUT2D eigenvalue weighted by atomic mass is 19.1. The number of hydrogen-bond donors (Lipinski definition) is 0. The van der Waals surface area contributed by atoms with Gasteiger partial charge >= 0.3 is 6.09 Å². The molecule has 3 aromatic rings. The molecule has 9 heteroatoms. The second-order valence-electron chi connectivity index (χ2n) is 9.80. The maximum Gasteiger partial charge on any atom is 0.410 e. The number of piperazine rings is 1. The van der Waals surface area contributed by atoms with Crippen LogP contribution in [0.5, 0.6) is 5.75 Å².